The van der Waals surface area contributed by atoms with Crippen LogP contribution in [0.2, 0.25) is 0 Å². The smallest absolute Gasteiger partial charge is 0.251 e. The van der Waals surface area contributed by atoms with Crippen LogP contribution in [0.25, 0.3) is 0 Å². The lowest BCUT2D eigenvalue weighted by atomic mass is 10.1. The number of nitrogens with zero attached hydrogens (tertiary/aromatic N) is 1. The molecule has 3 N–H and O–H groups in total. The highest BCUT2D eigenvalue weighted by Gasteiger charge is 2.05. The number of carbonyl (C=O) groups excluding carboxylic acids is 1. The summed E-state index contributed by atoms with van der Waals surface area (Å²) in [4.78, 5) is 14.6. The van der Waals surface area contributed by atoms with Crippen LogP contribution < -0.4 is 11.1 Å². The zero-order chi connectivity index (χ0) is 15.0. The van der Waals surface area contributed by atoms with Gasteiger partial charge in [0, 0.05) is 17.7 Å². The first-order valence-electron chi connectivity index (χ1n) is 6.98. The van der Waals surface area contributed by atoms with Gasteiger partial charge in [0.2, 0.25) is 0 Å². The molecule has 0 heterocycles. The van der Waals surface area contributed by atoms with Crippen molar-refractivity contribution < 1.29 is 4.79 Å². The highest BCUT2D eigenvalue weighted by molar-refractivity contribution is 7.80. The summed E-state index contributed by atoms with van der Waals surface area (Å²) in [7, 11) is 0. The second-order valence-corrected chi connectivity index (χ2v) is 5.02. The molecule has 0 bridgehead atoms. The third-order valence-corrected chi connectivity index (χ3v) is 3.50. The third-order valence-electron chi connectivity index (χ3n) is 3.26. The minimum atomic E-state index is -0.0564. The predicted octanol–water partition coefficient (Wildman–Crippen LogP) is 1.78. The van der Waals surface area contributed by atoms with E-state index >= 15 is 0 Å². The van der Waals surface area contributed by atoms with Gasteiger partial charge in [0.15, 0.2) is 0 Å². The van der Waals surface area contributed by atoms with Crippen LogP contribution in [0, 0.1) is 0 Å². The SMILES string of the molecule is CCN(CC)CCCNC(=O)c1ccc(C(N)=S)cc1. The quantitative estimate of drug-likeness (QED) is 0.567. The molecular formula is C15H23N3OS. The van der Waals surface area contributed by atoms with Gasteiger partial charge < -0.3 is 16.0 Å². The van der Waals surface area contributed by atoms with Crippen LogP contribution in [0.3, 0.4) is 0 Å². The van der Waals surface area contributed by atoms with Gasteiger partial charge in [-0.3, -0.25) is 4.79 Å². The maximum Gasteiger partial charge on any atom is 0.251 e. The monoisotopic (exact) mass is 293 g/mol. The standard InChI is InChI=1S/C15H23N3OS/c1-3-18(4-2)11-5-10-17-15(19)13-8-6-12(7-9-13)14(16)20/h6-9H,3-5,10-11H2,1-2H3,(H2,16,20)(H,17,19). The van der Waals surface area contributed by atoms with Crippen LogP contribution in [0.15, 0.2) is 24.3 Å². The van der Waals surface area contributed by atoms with Crippen LogP contribution in [0.5, 0.6) is 0 Å². The van der Waals surface area contributed by atoms with E-state index in [1.165, 1.54) is 0 Å². The first-order valence-corrected chi connectivity index (χ1v) is 7.39. The fourth-order valence-electron chi connectivity index (χ4n) is 1.93. The Morgan fingerprint density at radius 3 is 2.25 bits per heavy atom. The van der Waals surface area contributed by atoms with Gasteiger partial charge in [-0.25, -0.2) is 0 Å². The summed E-state index contributed by atoms with van der Waals surface area (Å²) < 4.78 is 0. The predicted molar refractivity (Wildman–Crippen MR) is 87.1 cm³/mol. The van der Waals surface area contributed by atoms with Gasteiger partial charge in [-0.1, -0.05) is 38.2 Å². The van der Waals surface area contributed by atoms with E-state index in [9.17, 15) is 4.79 Å². The zero-order valence-corrected chi connectivity index (χ0v) is 13.0. The average molecular weight is 293 g/mol. The van der Waals surface area contributed by atoms with Crippen molar-refractivity contribution in [3.8, 4) is 0 Å². The normalized spacial score (nSPS) is 10.6. The third kappa shape index (κ3) is 5.27. The molecule has 0 saturated carbocycles. The number of rotatable bonds is 8. The van der Waals surface area contributed by atoms with E-state index in [1.807, 2.05) is 0 Å². The Balaban J connectivity index is 2.37. The van der Waals surface area contributed by atoms with Crippen molar-refractivity contribution >= 4 is 23.1 Å². The molecule has 110 valence electrons. The highest BCUT2D eigenvalue weighted by Crippen LogP contribution is 2.04. The summed E-state index contributed by atoms with van der Waals surface area (Å²) in [5, 5.41) is 2.92. The highest BCUT2D eigenvalue weighted by atomic mass is 32.1. The number of thiocarbonyl (C=S) groups is 1. The molecule has 5 heteroatoms. The molecule has 1 rings (SSSR count). The summed E-state index contributed by atoms with van der Waals surface area (Å²) in [6.07, 6.45) is 0.957. The van der Waals surface area contributed by atoms with Crippen molar-refractivity contribution in [2.45, 2.75) is 20.3 Å². The van der Waals surface area contributed by atoms with Crippen LogP contribution in [-0.4, -0.2) is 42.0 Å². The Morgan fingerprint density at radius 2 is 1.75 bits per heavy atom. The Kier molecular flexibility index (Phi) is 7.18. The minimum absolute atomic E-state index is 0.0564. The van der Waals surface area contributed by atoms with E-state index in [2.05, 4.69) is 24.1 Å². The first kappa shape index (κ1) is 16.6. The van der Waals surface area contributed by atoms with Crippen molar-refractivity contribution in [2.24, 2.45) is 5.73 Å². The Labute approximate surface area is 126 Å². The number of hydrogen-bond acceptors (Lipinski definition) is 3. The van der Waals surface area contributed by atoms with Crippen molar-refractivity contribution in [3.63, 3.8) is 0 Å². The molecule has 20 heavy (non-hydrogen) atoms. The maximum atomic E-state index is 11.9. The van der Waals surface area contributed by atoms with Crippen molar-refractivity contribution in [1.29, 1.82) is 0 Å². The van der Waals surface area contributed by atoms with E-state index in [0.29, 0.717) is 17.1 Å². The number of nitrogens with two attached hydrogens (primary N) is 1. The Bertz CT molecular complexity index is 441. The molecule has 1 amide bonds. The van der Waals surface area contributed by atoms with Gasteiger partial charge >= 0.3 is 0 Å². The largest absolute Gasteiger partial charge is 0.389 e. The molecule has 0 atom stereocenters. The summed E-state index contributed by atoms with van der Waals surface area (Å²) in [5.74, 6) is -0.0564. The molecule has 0 fully saturated rings. The zero-order valence-electron chi connectivity index (χ0n) is 12.2. The second kappa shape index (κ2) is 8.66. The summed E-state index contributed by atoms with van der Waals surface area (Å²) in [6, 6.07) is 7.03. The molecular weight excluding hydrogens is 270 g/mol. The van der Waals surface area contributed by atoms with Crippen molar-refractivity contribution in [2.75, 3.05) is 26.2 Å². The number of carbonyl (C=O) groups is 1. The Morgan fingerprint density at radius 1 is 1.20 bits per heavy atom. The minimum Gasteiger partial charge on any atom is -0.389 e. The lowest BCUT2D eigenvalue weighted by Crippen LogP contribution is -2.29. The fraction of sp³-hybridized carbons (Fsp3) is 0.467. The van der Waals surface area contributed by atoms with Gasteiger partial charge in [-0.2, -0.15) is 0 Å². The van der Waals surface area contributed by atoms with Crippen LogP contribution in [-0.2, 0) is 0 Å². The number of hydrogen-bond donors (Lipinski definition) is 2. The lowest BCUT2D eigenvalue weighted by molar-refractivity contribution is 0.0952. The van der Waals surface area contributed by atoms with Gasteiger partial charge in [-0.05, 0) is 38.2 Å². The van der Waals surface area contributed by atoms with E-state index in [0.717, 1.165) is 31.6 Å². The molecule has 0 spiro atoms. The van der Waals surface area contributed by atoms with E-state index in [1.54, 1.807) is 24.3 Å². The number of benzene rings is 1. The van der Waals surface area contributed by atoms with Crippen molar-refractivity contribution in [1.82, 2.24) is 10.2 Å². The van der Waals surface area contributed by atoms with Crippen LogP contribution >= 0.6 is 12.2 Å². The topological polar surface area (TPSA) is 58.4 Å². The number of amides is 1. The molecule has 0 unspecified atom stereocenters. The summed E-state index contributed by atoms with van der Waals surface area (Å²) in [6.45, 7) is 8.08. The number of nitrogens with one attached hydrogen (secondary N) is 1. The van der Waals surface area contributed by atoms with Crippen LogP contribution in [0.4, 0.5) is 0 Å². The molecule has 1 aromatic rings. The lowest BCUT2D eigenvalue weighted by Gasteiger charge is -2.17. The molecule has 1 aromatic carbocycles. The fourth-order valence-corrected chi connectivity index (χ4v) is 2.07. The summed E-state index contributed by atoms with van der Waals surface area (Å²) in [5.41, 5.74) is 6.93. The average Bonchev–Trinajstić information content (AvgIpc) is 2.47. The molecule has 0 saturated heterocycles. The van der Waals surface area contributed by atoms with Gasteiger partial charge in [-0.15, -0.1) is 0 Å². The van der Waals surface area contributed by atoms with E-state index < -0.39 is 0 Å². The maximum absolute atomic E-state index is 11.9. The first-order chi connectivity index (χ1) is 9.58. The van der Waals surface area contributed by atoms with Crippen molar-refractivity contribution in [3.05, 3.63) is 35.4 Å². The van der Waals surface area contributed by atoms with Gasteiger partial charge in [0.1, 0.15) is 4.99 Å². The molecule has 0 radical (unpaired) electrons. The Hall–Kier alpha value is -1.46. The van der Waals surface area contributed by atoms with Crippen LogP contribution in [0.1, 0.15) is 36.2 Å². The molecule has 4 nitrogen and oxygen atoms in total. The molecule has 0 aliphatic rings. The second-order valence-electron chi connectivity index (χ2n) is 4.58. The molecule has 0 aromatic heterocycles. The van der Waals surface area contributed by atoms with Gasteiger partial charge in [0.25, 0.3) is 5.91 Å². The van der Waals surface area contributed by atoms with E-state index in [-0.39, 0.29) is 5.91 Å². The summed E-state index contributed by atoms with van der Waals surface area (Å²) >= 11 is 4.88. The van der Waals surface area contributed by atoms with E-state index in [4.69, 9.17) is 18.0 Å². The van der Waals surface area contributed by atoms with Gasteiger partial charge in [0.05, 0.1) is 0 Å². The molecule has 0 aliphatic heterocycles. The molecule has 0 aliphatic carbocycles.